The smallest absolute Gasteiger partial charge is 0.496 e. The van der Waals surface area contributed by atoms with E-state index in [-0.39, 0.29) is 107 Å². The number of nitrogens with zero attached hydrogens (tertiary/aromatic N) is 13. The van der Waals surface area contributed by atoms with Gasteiger partial charge in [-0.05, 0) is 185 Å². The average Bonchev–Trinajstić information content (AvgIpc) is 1.65. The van der Waals surface area contributed by atoms with Crippen molar-refractivity contribution in [2.75, 3.05) is 48.0 Å². The molecule has 33 heteroatoms. The number of anilines is 1. The van der Waals surface area contributed by atoms with Crippen LogP contribution in [0.5, 0.6) is 34.5 Å². The number of pyridine rings is 6. The SMILES string of the molecule is C.COc1c(C)cnc(CCl)c1C.COc1c(C)cnc(CO)c1C.COc1c(C)cnc(CSC2=Nc3cc(C)ccc3C2)c1C.COc1c(C)cnc(C[S@@](=O)c2nc3cc(C)ccc3[n-]2)c1C.COc1c(C)cnc(C[S@@](=O)c2nc3cc(C)ccc3[n-]2)c1C.COc1c(C)cnc(C[S@@](=O)c2nc3cc(C)ccc3[n-]2)c1C.Cc1ccc2c(c1)NC(=S)C2.Cl.Cl.[K+]. The van der Waals surface area contributed by atoms with Gasteiger partial charge in [0.05, 0.1) is 155 Å². The molecule has 0 amide bonds. The summed E-state index contributed by atoms with van der Waals surface area (Å²) in [6.07, 6.45) is 12.4. The Balaban J connectivity index is 0.000000237. The number of aryl methyl sites for hydroxylation is 11. The second-order valence-electron chi connectivity index (χ2n) is 30.5. The summed E-state index contributed by atoms with van der Waals surface area (Å²) < 4.78 is 69.9. The van der Waals surface area contributed by atoms with Crippen LogP contribution in [0.3, 0.4) is 0 Å². The number of thioether (sulfide) groups is 1. The van der Waals surface area contributed by atoms with E-state index in [1.165, 1.54) is 33.0 Å². The number of rotatable bonds is 19. The molecule has 24 nitrogen and oxygen atoms in total. The van der Waals surface area contributed by atoms with Crippen molar-refractivity contribution < 1.29 is 97.5 Å². The molecule has 0 unspecified atom stereocenters. The van der Waals surface area contributed by atoms with E-state index in [4.69, 9.17) is 62.3 Å². The summed E-state index contributed by atoms with van der Waals surface area (Å²) in [6.45, 7) is 33.6. The summed E-state index contributed by atoms with van der Waals surface area (Å²) >= 11 is 12.5. The fourth-order valence-electron chi connectivity index (χ4n) is 14.1. The van der Waals surface area contributed by atoms with Gasteiger partial charge in [-0.25, -0.2) is 4.99 Å². The summed E-state index contributed by atoms with van der Waals surface area (Å²) in [5.74, 6) is 7.10. The van der Waals surface area contributed by atoms with Crippen molar-refractivity contribution in [2.24, 2.45) is 4.99 Å². The van der Waals surface area contributed by atoms with Crippen LogP contribution in [0.1, 0.15) is 147 Å². The number of aliphatic imine (C=N–C) groups is 1. The molecule has 3 atom stereocenters. The van der Waals surface area contributed by atoms with Crippen molar-refractivity contribution in [2.45, 2.75) is 189 Å². The molecule has 0 spiro atoms. The van der Waals surface area contributed by atoms with Crippen molar-refractivity contribution in [1.82, 2.24) is 59.8 Å². The third-order valence-electron chi connectivity index (χ3n) is 21.0. The molecule has 686 valence electrons. The molecule has 0 bridgehead atoms. The second kappa shape index (κ2) is 51.3. The summed E-state index contributed by atoms with van der Waals surface area (Å²) in [4.78, 5) is 57.9. The number of aromatic nitrogens is 12. The van der Waals surface area contributed by atoms with Gasteiger partial charge in [-0.2, -0.15) is 0 Å². The minimum absolute atomic E-state index is 0. The molecule has 9 aromatic heterocycles. The zero-order chi connectivity index (χ0) is 91.5. The van der Waals surface area contributed by atoms with Crippen LogP contribution in [-0.4, -0.2) is 115 Å². The Hall–Kier alpha value is -8.96. The summed E-state index contributed by atoms with van der Waals surface area (Å²) in [7, 11) is 5.86. The van der Waals surface area contributed by atoms with E-state index in [0.717, 1.165) is 209 Å². The standard InChI is InChI=1S/C18H20N2OS.3C17H18N3O2S.C9H12ClNO.C9H13NO2.C9H9NS.CH4.2ClH.K/c1-11-5-6-14-8-17(20-15(14)7-11)22-10-16-13(3)18(21-4)12(2)9-19-16;3*1-10-5-6-13-14(7-10)20-17(19-13)23(21)9-15-12(3)16(22-4)11(2)8-18-15;1-6-5-11-8(4-10)7(2)9(6)12-3;1-6-4-10-8(5-11)7(2)9(6)12-3;1-6-2-3-7-5-9(11)10-8(7)4-6;;;;/h5-7,9H,8,10H2,1-4H3;3*5-8H,9H2,1-4H3;5H,4H2,1-3H3;4,11H,5H2,1-3H3;2-4H,5H2,1H3,(H,10,11);1H4;2*1H;/q;3*-1;;;;;;;+1/t;3*23-;;;;;;;/m.111......./s1. The molecule has 2 N–H and O–H groups in total. The summed E-state index contributed by atoms with van der Waals surface area (Å²) in [5, 5.41) is 14.3. The molecular formula is C97H114Cl3KN14O10S5-2. The van der Waals surface area contributed by atoms with Crippen molar-refractivity contribution in [3.05, 3.63) is 268 Å². The van der Waals surface area contributed by atoms with Crippen molar-refractivity contribution in [1.29, 1.82) is 0 Å². The van der Waals surface area contributed by atoms with Crippen molar-refractivity contribution in [3.63, 3.8) is 0 Å². The maximum atomic E-state index is 12.6. The first-order valence-corrected chi connectivity index (χ1v) is 46.3. The molecule has 0 saturated heterocycles. The van der Waals surface area contributed by atoms with Crippen LogP contribution < -0.4 is 100 Å². The molecule has 0 saturated carbocycles. The van der Waals surface area contributed by atoms with Gasteiger partial charge >= 0.3 is 51.4 Å². The minimum Gasteiger partial charge on any atom is -0.496 e. The molecule has 11 heterocycles. The average molecular weight is 1940 g/mol. The van der Waals surface area contributed by atoms with Crippen molar-refractivity contribution >= 4 is 147 Å². The third-order valence-corrected chi connectivity index (χ3v) is 25.8. The van der Waals surface area contributed by atoms with Gasteiger partial charge in [0.1, 0.15) is 34.5 Å². The van der Waals surface area contributed by atoms with E-state index < -0.39 is 32.4 Å². The van der Waals surface area contributed by atoms with E-state index in [1.807, 2.05) is 158 Å². The molecule has 14 aromatic rings. The molecule has 130 heavy (non-hydrogen) atoms. The number of halogens is 3. The number of thiocarbonyl (C=S) groups is 1. The van der Waals surface area contributed by atoms with Gasteiger partial charge in [0.2, 0.25) is 0 Å². The number of ether oxygens (including phenoxy) is 6. The third kappa shape index (κ3) is 28.1. The number of aliphatic hydroxyl groups is 1. The molecular weight excluding hydrogens is 1830 g/mol. The summed E-state index contributed by atoms with van der Waals surface area (Å²) in [5.41, 5.74) is 32.1. The zero-order valence-corrected chi connectivity index (χ0v) is 87.0. The Morgan fingerprint density at radius 1 is 0.408 bits per heavy atom. The van der Waals surface area contributed by atoms with Gasteiger partial charge in [-0.1, -0.05) is 115 Å². The van der Waals surface area contributed by atoms with Crippen molar-refractivity contribution in [3.8, 4) is 34.5 Å². The Morgan fingerprint density at radius 2 is 0.700 bits per heavy atom. The Labute approximate surface area is 840 Å². The van der Waals surface area contributed by atoms with E-state index in [9.17, 15) is 12.6 Å². The van der Waals surface area contributed by atoms with Gasteiger partial charge < -0.3 is 68.7 Å². The number of fused-ring (bicyclic) bond motifs is 5. The predicted molar refractivity (Wildman–Crippen MR) is 532 cm³/mol. The largest absolute Gasteiger partial charge is 1.00 e. The Morgan fingerprint density at radius 3 is 1.05 bits per heavy atom. The number of aliphatic hydroxyl groups excluding tert-OH is 1. The molecule has 0 aliphatic carbocycles. The molecule has 2 aliphatic heterocycles. The molecule has 0 fully saturated rings. The van der Waals surface area contributed by atoms with Crippen LogP contribution in [0.2, 0.25) is 0 Å². The number of imidazole rings is 3. The number of methoxy groups -OCH3 is 6. The molecule has 0 radical (unpaired) electrons. The maximum absolute atomic E-state index is 12.6. The number of nitrogens with one attached hydrogen (secondary N) is 1. The molecule has 2 aliphatic rings. The monoisotopic (exact) mass is 1940 g/mol. The zero-order valence-electron chi connectivity index (χ0n) is 77.5. The predicted octanol–water partition coefficient (Wildman–Crippen LogP) is 17.4. The van der Waals surface area contributed by atoms with Gasteiger partial charge in [0, 0.05) is 144 Å². The van der Waals surface area contributed by atoms with Crippen LogP contribution in [0, 0.1) is 118 Å². The number of alkyl halides is 1. The number of hydrogen-bond acceptors (Lipinski definition) is 22. The van der Waals surface area contributed by atoms with Crippen LogP contribution in [0.4, 0.5) is 11.4 Å². The maximum Gasteiger partial charge on any atom is 1.00 e. The Bertz CT molecular complexity index is 6020. The van der Waals surface area contributed by atoms with E-state index in [0.29, 0.717) is 27.0 Å². The fraction of sp³-hybridized carbons (Fsp3) is 0.330. The van der Waals surface area contributed by atoms with Crippen LogP contribution in [0.25, 0.3) is 33.1 Å². The normalized spacial score (nSPS) is 11.9. The van der Waals surface area contributed by atoms with E-state index in [2.05, 4.69) is 122 Å². The quantitative estimate of drug-likeness (QED) is 0.0431. The van der Waals surface area contributed by atoms with Gasteiger partial charge in [0.25, 0.3) is 0 Å². The fourth-order valence-corrected chi connectivity index (χ4v) is 18.9. The van der Waals surface area contributed by atoms with Crippen LogP contribution >= 0.6 is 60.4 Å². The first-order chi connectivity index (χ1) is 60.2. The second-order valence-corrected chi connectivity index (χ2v) is 36.4. The summed E-state index contributed by atoms with van der Waals surface area (Å²) in [6, 6.07) is 30.3. The topological polar surface area (TPSA) is 310 Å². The first-order valence-electron chi connectivity index (χ1n) is 40.4. The molecule has 16 rings (SSSR count). The molecule has 5 aromatic carbocycles. The van der Waals surface area contributed by atoms with Gasteiger partial charge in [-0.3, -0.25) is 42.5 Å². The number of benzene rings is 5. The van der Waals surface area contributed by atoms with E-state index in [1.54, 1.807) is 85.4 Å². The minimum atomic E-state index is -1.34. The van der Waals surface area contributed by atoms with Crippen LogP contribution in [0.15, 0.2) is 149 Å². The van der Waals surface area contributed by atoms with E-state index >= 15 is 0 Å². The Kier molecular flexibility index (Phi) is 43.3. The first kappa shape index (κ1) is 110. The number of hydrogen-bond donors (Lipinski definition) is 2. The van der Waals surface area contributed by atoms with Crippen LogP contribution in [-0.2, 0) is 80.7 Å². The van der Waals surface area contributed by atoms with Gasteiger partial charge in [-0.15, -0.1) is 48.2 Å². The van der Waals surface area contributed by atoms with Gasteiger partial charge in [0.15, 0.2) is 0 Å².